The minimum Gasteiger partial charge on any atom is -0.475 e. The van der Waals surface area contributed by atoms with Crippen molar-refractivity contribution in [1.29, 1.82) is 0 Å². The number of hydrogen-bond donors (Lipinski definition) is 2. The molecule has 2 unspecified atom stereocenters. The lowest BCUT2D eigenvalue weighted by Crippen LogP contribution is -2.30. The topological polar surface area (TPSA) is 71.5 Å². The Morgan fingerprint density at radius 1 is 1.56 bits per heavy atom. The molecule has 18 heavy (non-hydrogen) atoms. The van der Waals surface area contributed by atoms with Gasteiger partial charge in [0.1, 0.15) is 0 Å². The molecule has 0 bridgehead atoms. The summed E-state index contributed by atoms with van der Waals surface area (Å²) in [6, 6.07) is 3.21. The number of ether oxygens (including phenoxy) is 1. The van der Waals surface area contributed by atoms with E-state index in [1.165, 1.54) is 6.20 Å². The van der Waals surface area contributed by atoms with Crippen molar-refractivity contribution >= 4 is 5.91 Å². The highest BCUT2D eigenvalue weighted by atomic mass is 16.5. The van der Waals surface area contributed by atoms with E-state index < -0.39 is 6.10 Å². The predicted octanol–water partition coefficient (Wildman–Crippen LogP) is 1.37. The molecule has 0 saturated carbocycles. The molecule has 0 fully saturated rings. The second-order valence-corrected chi connectivity index (χ2v) is 4.28. The van der Waals surface area contributed by atoms with E-state index >= 15 is 0 Å². The Bertz CT molecular complexity index is 394. The predicted molar refractivity (Wildman–Crippen MR) is 68.6 cm³/mol. The normalized spacial score (nSPS) is 13.8. The Labute approximate surface area is 107 Å². The summed E-state index contributed by atoms with van der Waals surface area (Å²) in [7, 11) is 0. The first kappa shape index (κ1) is 14.4. The molecule has 0 spiro atoms. The van der Waals surface area contributed by atoms with Gasteiger partial charge in [-0.3, -0.25) is 4.79 Å². The zero-order valence-corrected chi connectivity index (χ0v) is 11.0. The van der Waals surface area contributed by atoms with Crippen LogP contribution in [-0.4, -0.2) is 34.8 Å². The average Bonchev–Trinajstić information content (AvgIpc) is 2.36. The van der Waals surface area contributed by atoms with Crippen molar-refractivity contribution in [2.45, 2.75) is 39.4 Å². The first-order chi connectivity index (χ1) is 8.52. The summed E-state index contributed by atoms with van der Waals surface area (Å²) in [6.45, 7) is 5.80. The van der Waals surface area contributed by atoms with Crippen LogP contribution in [0.5, 0.6) is 5.88 Å². The number of carbonyl (C=O) groups is 1. The molecule has 1 rings (SSSR count). The molecular weight excluding hydrogens is 232 g/mol. The highest BCUT2D eigenvalue weighted by Crippen LogP contribution is 2.12. The lowest BCUT2D eigenvalue weighted by molar-refractivity contribution is 0.0923. The van der Waals surface area contributed by atoms with E-state index in [1.54, 1.807) is 19.1 Å². The van der Waals surface area contributed by atoms with Gasteiger partial charge in [-0.05, 0) is 26.3 Å². The molecule has 1 amide bonds. The van der Waals surface area contributed by atoms with Crippen LogP contribution >= 0.6 is 0 Å². The molecule has 2 atom stereocenters. The molecule has 1 aromatic rings. The van der Waals surface area contributed by atoms with Gasteiger partial charge in [0.25, 0.3) is 5.91 Å². The maximum atomic E-state index is 11.8. The van der Waals surface area contributed by atoms with Gasteiger partial charge in [0.05, 0.1) is 12.2 Å². The van der Waals surface area contributed by atoms with Gasteiger partial charge in [-0.2, -0.15) is 0 Å². The minimum absolute atomic E-state index is 0.0632. The second-order valence-electron chi connectivity index (χ2n) is 4.28. The van der Waals surface area contributed by atoms with Crippen molar-refractivity contribution in [2.75, 3.05) is 6.54 Å². The molecule has 0 aliphatic rings. The van der Waals surface area contributed by atoms with Crippen LogP contribution in [0, 0.1) is 0 Å². The fourth-order valence-corrected chi connectivity index (χ4v) is 1.25. The van der Waals surface area contributed by atoms with Crippen LogP contribution < -0.4 is 10.1 Å². The minimum atomic E-state index is -0.563. The average molecular weight is 252 g/mol. The largest absolute Gasteiger partial charge is 0.475 e. The number of hydrogen-bond acceptors (Lipinski definition) is 4. The maximum Gasteiger partial charge on any atom is 0.251 e. The van der Waals surface area contributed by atoms with E-state index in [2.05, 4.69) is 10.3 Å². The number of amides is 1. The van der Waals surface area contributed by atoms with E-state index in [1.807, 2.05) is 13.8 Å². The molecule has 5 heteroatoms. The molecule has 0 aliphatic carbocycles. The molecule has 100 valence electrons. The van der Waals surface area contributed by atoms with Crippen LogP contribution in [0.1, 0.15) is 37.6 Å². The number of nitrogens with zero attached hydrogens (tertiary/aromatic N) is 1. The Kier molecular flexibility index (Phi) is 5.58. The Balaban J connectivity index is 2.66. The number of aliphatic hydroxyl groups is 1. The van der Waals surface area contributed by atoms with Crippen molar-refractivity contribution in [3.8, 4) is 5.88 Å². The van der Waals surface area contributed by atoms with Gasteiger partial charge >= 0.3 is 0 Å². The second kappa shape index (κ2) is 6.96. The first-order valence-electron chi connectivity index (χ1n) is 6.12. The summed E-state index contributed by atoms with van der Waals surface area (Å²) >= 11 is 0. The lowest BCUT2D eigenvalue weighted by Gasteiger charge is -2.12. The number of rotatable bonds is 6. The van der Waals surface area contributed by atoms with Crippen LogP contribution in [0.3, 0.4) is 0 Å². The van der Waals surface area contributed by atoms with Crippen LogP contribution in [0.15, 0.2) is 18.3 Å². The number of carbonyl (C=O) groups excluding carboxylic acids is 1. The molecule has 1 heterocycles. The van der Waals surface area contributed by atoms with E-state index in [0.29, 0.717) is 11.4 Å². The smallest absolute Gasteiger partial charge is 0.251 e. The van der Waals surface area contributed by atoms with E-state index in [4.69, 9.17) is 9.84 Å². The lowest BCUT2D eigenvalue weighted by atomic mass is 10.2. The van der Waals surface area contributed by atoms with Crippen molar-refractivity contribution in [2.24, 2.45) is 0 Å². The molecular formula is C13H20N2O3. The molecule has 0 radical (unpaired) electrons. The Morgan fingerprint density at radius 3 is 2.89 bits per heavy atom. The highest BCUT2D eigenvalue weighted by molar-refractivity contribution is 5.94. The summed E-state index contributed by atoms with van der Waals surface area (Å²) in [5.74, 6) is 0.196. The molecule has 0 saturated heterocycles. The summed E-state index contributed by atoms with van der Waals surface area (Å²) in [4.78, 5) is 15.8. The third-order valence-electron chi connectivity index (χ3n) is 2.45. The quantitative estimate of drug-likeness (QED) is 0.802. The number of nitrogens with one attached hydrogen (secondary N) is 1. The fraction of sp³-hybridized carbons (Fsp3) is 0.538. The fourth-order valence-electron chi connectivity index (χ4n) is 1.25. The van der Waals surface area contributed by atoms with Crippen molar-refractivity contribution in [3.05, 3.63) is 23.9 Å². The van der Waals surface area contributed by atoms with Crippen LogP contribution in [-0.2, 0) is 0 Å². The third-order valence-corrected chi connectivity index (χ3v) is 2.45. The summed E-state index contributed by atoms with van der Waals surface area (Å²) < 4.78 is 5.54. The molecule has 0 aromatic carbocycles. The van der Waals surface area contributed by atoms with Gasteiger partial charge in [0.2, 0.25) is 5.88 Å². The SMILES string of the molecule is CCC(C)Oc1cc(C(=O)NCC(C)O)ccn1. The van der Waals surface area contributed by atoms with Gasteiger partial charge < -0.3 is 15.2 Å². The Hall–Kier alpha value is -1.62. The van der Waals surface area contributed by atoms with E-state index in [0.717, 1.165) is 6.42 Å². The van der Waals surface area contributed by atoms with Gasteiger partial charge in [-0.25, -0.2) is 4.98 Å². The third kappa shape index (κ3) is 4.71. The highest BCUT2D eigenvalue weighted by Gasteiger charge is 2.09. The zero-order chi connectivity index (χ0) is 13.5. The van der Waals surface area contributed by atoms with Crippen LogP contribution in [0.4, 0.5) is 0 Å². The zero-order valence-electron chi connectivity index (χ0n) is 11.0. The molecule has 2 N–H and O–H groups in total. The molecule has 1 aromatic heterocycles. The van der Waals surface area contributed by atoms with Crippen molar-refractivity contribution < 1.29 is 14.6 Å². The van der Waals surface area contributed by atoms with E-state index in [9.17, 15) is 4.79 Å². The van der Waals surface area contributed by atoms with Crippen molar-refractivity contribution in [1.82, 2.24) is 10.3 Å². The Morgan fingerprint density at radius 2 is 2.28 bits per heavy atom. The monoisotopic (exact) mass is 252 g/mol. The molecule has 5 nitrogen and oxygen atoms in total. The number of aliphatic hydroxyl groups excluding tert-OH is 1. The standard InChI is InChI=1S/C13H20N2O3/c1-4-10(3)18-12-7-11(5-6-14-12)13(17)15-8-9(2)16/h5-7,9-10,16H,4,8H2,1-3H3,(H,15,17). The first-order valence-corrected chi connectivity index (χ1v) is 6.12. The van der Waals surface area contributed by atoms with Gasteiger partial charge in [0.15, 0.2) is 0 Å². The van der Waals surface area contributed by atoms with E-state index in [-0.39, 0.29) is 18.6 Å². The number of pyridine rings is 1. The maximum absolute atomic E-state index is 11.8. The van der Waals surface area contributed by atoms with Gasteiger partial charge in [-0.1, -0.05) is 6.92 Å². The van der Waals surface area contributed by atoms with Crippen LogP contribution in [0.25, 0.3) is 0 Å². The molecule has 0 aliphatic heterocycles. The summed E-state index contributed by atoms with van der Waals surface area (Å²) in [5.41, 5.74) is 0.476. The summed E-state index contributed by atoms with van der Waals surface area (Å²) in [6.07, 6.45) is 1.91. The number of aromatic nitrogens is 1. The summed E-state index contributed by atoms with van der Waals surface area (Å²) in [5, 5.41) is 11.7. The van der Waals surface area contributed by atoms with Gasteiger partial charge in [0, 0.05) is 24.4 Å². The van der Waals surface area contributed by atoms with Crippen LogP contribution in [0.2, 0.25) is 0 Å². The van der Waals surface area contributed by atoms with Gasteiger partial charge in [-0.15, -0.1) is 0 Å². The van der Waals surface area contributed by atoms with Crippen molar-refractivity contribution in [3.63, 3.8) is 0 Å².